The van der Waals surface area contributed by atoms with Crippen LogP contribution in [0.5, 0.6) is 0 Å². The molecule has 0 saturated carbocycles. The summed E-state index contributed by atoms with van der Waals surface area (Å²) in [6, 6.07) is 13.1. The number of imidazole rings is 1. The topological polar surface area (TPSA) is 63.7 Å². The number of aryl methyl sites for hydroxylation is 1. The fourth-order valence-electron chi connectivity index (χ4n) is 2.82. The first-order chi connectivity index (χ1) is 11.6. The molecule has 0 atom stereocenters. The second-order valence-electron chi connectivity index (χ2n) is 5.49. The maximum atomic E-state index is 12.7. The Morgan fingerprint density at radius 2 is 2.04 bits per heavy atom. The number of nitrogens with one attached hydrogen (secondary N) is 1. The standard InChI is InChI=1S/C17H13ClN4OS/c1-21-15-10(18)5-4-7-12(15)22(17(21)19)9-13(23)16-20-11-6-2-3-8-14(11)24-16/h2-8,19H,9H2,1H3. The monoisotopic (exact) mass is 356 g/mol. The van der Waals surface area contributed by atoms with Crippen molar-refractivity contribution in [2.24, 2.45) is 7.05 Å². The number of benzene rings is 2. The summed E-state index contributed by atoms with van der Waals surface area (Å²) < 4.78 is 4.33. The normalized spacial score (nSPS) is 11.4. The predicted octanol–water partition coefficient (Wildman–Crippen LogP) is 3.61. The Morgan fingerprint density at radius 3 is 2.83 bits per heavy atom. The Labute approximate surface area is 146 Å². The van der Waals surface area contributed by atoms with Crippen LogP contribution >= 0.6 is 22.9 Å². The number of fused-ring (bicyclic) bond motifs is 2. The van der Waals surface area contributed by atoms with Crippen LogP contribution in [-0.2, 0) is 13.6 Å². The molecule has 4 aromatic rings. The van der Waals surface area contributed by atoms with Crippen LogP contribution in [0.15, 0.2) is 42.5 Å². The van der Waals surface area contributed by atoms with Crippen molar-refractivity contribution in [3.05, 3.63) is 58.1 Å². The summed E-state index contributed by atoms with van der Waals surface area (Å²) in [5.74, 6) is -0.109. The maximum Gasteiger partial charge on any atom is 0.211 e. The molecule has 24 heavy (non-hydrogen) atoms. The van der Waals surface area contributed by atoms with E-state index in [0.717, 1.165) is 21.3 Å². The summed E-state index contributed by atoms with van der Waals surface area (Å²) in [5.41, 5.74) is 2.57. The molecule has 2 aromatic carbocycles. The van der Waals surface area contributed by atoms with Crippen LogP contribution in [0.25, 0.3) is 21.3 Å². The first-order valence-corrected chi connectivity index (χ1v) is 8.53. The second kappa shape index (κ2) is 5.58. The lowest BCUT2D eigenvalue weighted by atomic mass is 10.3. The van der Waals surface area contributed by atoms with E-state index in [1.807, 2.05) is 36.4 Å². The van der Waals surface area contributed by atoms with E-state index in [2.05, 4.69) is 4.98 Å². The highest BCUT2D eigenvalue weighted by atomic mass is 35.5. The lowest BCUT2D eigenvalue weighted by Gasteiger charge is -2.02. The number of para-hydroxylation sites is 2. The van der Waals surface area contributed by atoms with Gasteiger partial charge in [-0.2, -0.15) is 0 Å². The van der Waals surface area contributed by atoms with Crippen molar-refractivity contribution in [1.29, 1.82) is 5.41 Å². The van der Waals surface area contributed by atoms with E-state index in [4.69, 9.17) is 17.0 Å². The fraction of sp³-hybridized carbons (Fsp3) is 0.118. The molecule has 7 heteroatoms. The molecule has 1 N–H and O–H groups in total. The zero-order valence-corrected chi connectivity index (χ0v) is 14.4. The van der Waals surface area contributed by atoms with E-state index < -0.39 is 0 Å². The Hall–Kier alpha value is -2.44. The lowest BCUT2D eigenvalue weighted by Crippen LogP contribution is -2.25. The quantitative estimate of drug-likeness (QED) is 0.570. The minimum Gasteiger partial charge on any atom is -0.312 e. The van der Waals surface area contributed by atoms with Gasteiger partial charge in [0.2, 0.25) is 11.4 Å². The van der Waals surface area contributed by atoms with Crippen LogP contribution in [0.3, 0.4) is 0 Å². The Kier molecular flexibility index (Phi) is 3.51. The van der Waals surface area contributed by atoms with Gasteiger partial charge in [0.15, 0.2) is 5.01 Å². The molecule has 0 fully saturated rings. The molecule has 120 valence electrons. The van der Waals surface area contributed by atoms with Gasteiger partial charge in [-0.25, -0.2) is 4.98 Å². The van der Waals surface area contributed by atoms with Crippen LogP contribution in [0.2, 0.25) is 5.02 Å². The van der Waals surface area contributed by atoms with Gasteiger partial charge < -0.3 is 9.13 Å². The first kappa shape index (κ1) is 15.1. The van der Waals surface area contributed by atoms with Gasteiger partial charge >= 0.3 is 0 Å². The van der Waals surface area contributed by atoms with Gasteiger partial charge in [-0.3, -0.25) is 10.2 Å². The van der Waals surface area contributed by atoms with Gasteiger partial charge in [0, 0.05) is 7.05 Å². The molecule has 0 amide bonds. The Morgan fingerprint density at radius 1 is 1.25 bits per heavy atom. The van der Waals surface area contributed by atoms with Crippen LogP contribution in [0.4, 0.5) is 0 Å². The van der Waals surface area contributed by atoms with Gasteiger partial charge in [0.1, 0.15) is 0 Å². The molecule has 0 aliphatic rings. The molecule has 5 nitrogen and oxygen atoms in total. The molecule has 0 unspecified atom stereocenters. The summed E-state index contributed by atoms with van der Waals surface area (Å²) in [4.78, 5) is 17.1. The number of Topliss-reactive ketones (excluding diaryl/α,β-unsaturated/α-hetero) is 1. The van der Waals surface area contributed by atoms with Gasteiger partial charge in [-0.15, -0.1) is 11.3 Å². The molecule has 0 saturated heterocycles. The number of carbonyl (C=O) groups is 1. The van der Waals surface area contributed by atoms with Crippen molar-refractivity contribution in [1.82, 2.24) is 14.1 Å². The van der Waals surface area contributed by atoms with E-state index in [1.54, 1.807) is 22.2 Å². The van der Waals surface area contributed by atoms with E-state index in [9.17, 15) is 4.79 Å². The van der Waals surface area contributed by atoms with Crippen molar-refractivity contribution >= 4 is 50.0 Å². The highest BCUT2D eigenvalue weighted by Gasteiger charge is 2.17. The summed E-state index contributed by atoms with van der Waals surface area (Å²) in [6.07, 6.45) is 0. The van der Waals surface area contributed by atoms with Crippen molar-refractivity contribution in [2.75, 3.05) is 0 Å². The van der Waals surface area contributed by atoms with Crippen LogP contribution in [0, 0.1) is 5.41 Å². The Balaban J connectivity index is 1.79. The third-order valence-electron chi connectivity index (χ3n) is 4.00. The Bertz CT molecular complexity index is 1120. The van der Waals surface area contributed by atoms with Gasteiger partial charge in [-0.05, 0) is 24.3 Å². The molecule has 4 rings (SSSR count). The number of hydrogen-bond donors (Lipinski definition) is 1. The molecule has 0 aliphatic heterocycles. The molecular formula is C17H13ClN4OS. The molecule has 0 bridgehead atoms. The van der Waals surface area contributed by atoms with Crippen molar-refractivity contribution in [3.63, 3.8) is 0 Å². The number of rotatable bonds is 3. The molecule has 0 aliphatic carbocycles. The van der Waals surface area contributed by atoms with Crippen LogP contribution in [0.1, 0.15) is 9.80 Å². The number of thiazole rings is 1. The minimum atomic E-state index is -0.109. The molecular weight excluding hydrogens is 344 g/mol. The van der Waals surface area contributed by atoms with Crippen LogP contribution in [-0.4, -0.2) is 19.9 Å². The van der Waals surface area contributed by atoms with Gasteiger partial charge in [0.05, 0.1) is 32.8 Å². The largest absolute Gasteiger partial charge is 0.312 e. The zero-order valence-electron chi connectivity index (χ0n) is 12.8. The van der Waals surface area contributed by atoms with Crippen LogP contribution < -0.4 is 5.62 Å². The van der Waals surface area contributed by atoms with Crippen molar-refractivity contribution in [2.45, 2.75) is 6.54 Å². The predicted molar refractivity (Wildman–Crippen MR) is 95.7 cm³/mol. The fourth-order valence-corrected chi connectivity index (χ4v) is 4.01. The molecule has 0 radical (unpaired) electrons. The SMILES string of the molecule is Cn1c(=N)n(CC(=O)c2nc3ccccc3s2)c2cccc(Cl)c21. The lowest BCUT2D eigenvalue weighted by molar-refractivity contribution is 0.0971. The van der Waals surface area contributed by atoms with E-state index >= 15 is 0 Å². The third-order valence-corrected chi connectivity index (χ3v) is 5.38. The number of aromatic nitrogens is 3. The average molecular weight is 357 g/mol. The van der Waals surface area contributed by atoms with Crippen molar-refractivity contribution in [3.8, 4) is 0 Å². The van der Waals surface area contributed by atoms with E-state index in [-0.39, 0.29) is 17.9 Å². The molecule has 0 spiro atoms. The summed E-state index contributed by atoms with van der Waals surface area (Å²) in [5, 5.41) is 9.31. The summed E-state index contributed by atoms with van der Waals surface area (Å²) >= 11 is 7.62. The number of ketones is 1. The van der Waals surface area contributed by atoms with E-state index in [1.165, 1.54) is 11.3 Å². The molecule has 2 aromatic heterocycles. The summed E-state index contributed by atoms with van der Waals surface area (Å²) in [7, 11) is 1.77. The molecule has 2 heterocycles. The third kappa shape index (κ3) is 2.26. The van der Waals surface area contributed by atoms with E-state index in [0.29, 0.717) is 10.0 Å². The highest BCUT2D eigenvalue weighted by molar-refractivity contribution is 7.20. The average Bonchev–Trinajstić information content (AvgIpc) is 3.11. The minimum absolute atomic E-state index is 0.0658. The highest BCUT2D eigenvalue weighted by Crippen LogP contribution is 2.24. The van der Waals surface area contributed by atoms with Gasteiger partial charge in [-0.1, -0.05) is 29.8 Å². The summed E-state index contributed by atoms with van der Waals surface area (Å²) in [6.45, 7) is 0.0658. The zero-order chi connectivity index (χ0) is 16.8. The number of hydrogen-bond acceptors (Lipinski definition) is 4. The first-order valence-electron chi connectivity index (χ1n) is 7.33. The van der Waals surface area contributed by atoms with Crippen molar-refractivity contribution < 1.29 is 4.79 Å². The second-order valence-corrected chi connectivity index (χ2v) is 6.92. The maximum absolute atomic E-state index is 12.7. The van der Waals surface area contributed by atoms with Gasteiger partial charge in [0.25, 0.3) is 0 Å². The smallest absolute Gasteiger partial charge is 0.211 e. The number of carbonyl (C=O) groups excluding carboxylic acids is 1. The number of halogens is 1. The number of nitrogens with zero attached hydrogens (tertiary/aromatic N) is 3.